The molecule has 32 heavy (non-hydrogen) atoms. The molecule has 2 aromatic carbocycles. The fraction of sp³-hybridized carbons (Fsp3) is 0.333. The summed E-state index contributed by atoms with van der Waals surface area (Å²) in [5.74, 6) is 0.782. The van der Waals surface area contributed by atoms with E-state index in [0.29, 0.717) is 53.0 Å². The Hall–Kier alpha value is -3.21. The number of hydrogen-bond donors (Lipinski definition) is 0. The maximum Gasteiger partial charge on any atom is 0.573 e. The molecule has 5 rings (SSSR count). The van der Waals surface area contributed by atoms with E-state index < -0.39 is 12.5 Å². The summed E-state index contributed by atoms with van der Waals surface area (Å²) in [6, 6.07) is 11.3. The first kappa shape index (κ1) is 20.7. The zero-order chi connectivity index (χ0) is 22.3. The molecule has 1 amide bonds. The molecule has 1 atom stereocenters. The van der Waals surface area contributed by atoms with E-state index in [-0.39, 0.29) is 18.3 Å². The average molecular weight is 465 g/mol. The van der Waals surface area contributed by atoms with Crippen molar-refractivity contribution in [2.24, 2.45) is 0 Å². The minimum absolute atomic E-state index is 0.127. The SMILES string of the molecule is O=C(C1COc2ccccc2O1)N1CCN(c2nc3ccc(OC(F)(F)F)cc3s2)CC1. The summed E-state index contributed by atoms with van der Waals surface area (Å²) in [6.45, 7) is 2.25. The molecule has 1 saturated heterocycles. The molecule has 0 bridgehead atoms. The van der Waals surface area contributed by atoms with Gasteiger partial charge in [0.25, 0.3) is 5.91 Å². The van der Waals surface area contributed by atoms with Crippen LogP contribution < -0.4 is 19.1 Å². The number of carbonyl (C=O) groups is 1. The zero-order valence-electron chi connectivity index (χ0n) is 16.7. The summed E-state index contributed by atoms with van der Waals surface area (Å²) in [5, 5.41) is 0.697. The normalized spacial score (nSPS) is 18.7. The van der Waals surface area contributed by atoms with Crippen molar-refractivity contribution in [3.63, 3.8) is 0 Å². The number of amides is 1. The van der Waals surface area contributed by atoms with Crippen molar-refractivity contribution in [1.29, 1.82) is 0 Å². The Labute approximate surface area is 184 Å². The van der Waals surface area contributed by atoms with E-state index in [0.717, 1.165) is 0 Å². The number of ether oxygens (including phenoxy) is 3. The van der Waals surface area contributed by atoms with Gasteiger partial charge < -0.3 is 24.0 Å². The van der Waals surface area contributed by atoms with Crippen LogP contribution in [0.3, 0.4) is 0 Å². The first-order chi connectivity index (χ1) is 15.4. The summed E-state index contributed by atoms with van der Waals surface area (Å²) in [6.07, 6.45) is -5.43. The van der Waals surface area contributed by atoms with E-state index in [1.165, 1.54) is 29.5 Å². The molecule has 3 aromatic rings. The van der Waals surface area contributed by atoms with Crippen LogP contribution in [-0.2, 0) is 4.79 Å². The molecule has 3 heterocycles. The van der Waals surface area contributed by atoms with Crippen LogP contribution >= 0.6 is 11.3 Å². The first-order valence-electron chi connectivity index (χ1n) is 9.94. The number of carbonyl (C=O) groups excluding carboxylic acids is 1. The second-order valence-electron chi connectivity index (χ2n) is 7.35. The van der Waals surface area contributed by atoms with E-state index in [4.69, 9.17) is 9.47 Å². The second-order valence-corrected chi connectivity index (χ2v) is 8.36. The number of alkyl halides is 3. The summed E-state index contributed by atoms with van der Waals surface area (Å²) in [5.41, 5.74) is 0.601. The smallest absolute Gasteiger partial charge is 0.485 e. The average Bonchev–Trinajstić information content (AvgIpc) is 3.21. The number of thiazole rings is 1. The minimum Gasteiger partial charge on any atom is -0.485 e. The summed E-state index contributed by atoms with van der Waals surface area (Å²) >= 11 is 1.29. The van der Waals surface area contributed by atoms with Gasteiger partial charge in [0.2, 0.25) is 6.10 Å². The highest BCUT2D eigenvalue weighted by Crippen LogP contribution is 2.34. The number of nitrogens with zero attached hydrogens (tertiary/aromatic N) is 3. The van der Waals surface area contributed by atoms with E-state index in [1.54, 1.807) is 17.0 Å². The van der Waals surface area contributed by atoms with Crippen molar-refractivity contribution in [3.05, 3.63) is 42.5 Å². The molecule has 7 nitrogen and oxygen atoms in total. The van der Waals surface area contributed by atoms with Gasteiger partial charge >= 0.3 is 6.36 Å². The Morgan fingerprint density at radius 1 is 1.09 bits per heavy atom. The molecule has 0 spiro atoms. The number of piperazine rings is 1. The maximum atomic E-state index is 12.9. The van der Waals surface area contributed by atoms with Crippen molar-refractivity contribution in [3.8, 4) is 17.2 Å². The summed E-state index contributed by atoms with van der Waals surface area (Å²) < 4.78 is 53.4. The highest BCUT2D eigenvalue weighted by molar-refractivity contribution is 7.22. The van der Waals surface area contributed by atoms with E-state index in [1.807, 2.05) is 17.0 Å². The van der Waals surface area contributed by atoms with Crippen LogP contribution in [0.4, 0.5) is 18.3 Å². The molecule has 0 radical (unpaired) electrons. The van der Waals surface area contributed by atoms with Gasteiger partial charge in [0.1, 0.15) is 12.4 Å². The fourth-order valence-corrected chi connectivity index (χ4v) is 4.73. The highest BCUT2D eigenvalue weighted by atomic mass is 32.1. The Morgan fingerprint density at radius 2 is 1.84 bits per heavy atom. The maximum absolute atomic E-state index is 12.9. The molecule has 0 aliphatic carbocycles. The van der Waals surface area contributed by atoms with Gasteiger partial charge in [0.05, 0.1) is 10.2 Å². The van der Waals surface area contributed by atoms with Crippen molar-refractivity contribution in [1.82, 2.24) is 9.88 Å². The Kier molecular flexibility index (Phi) is 5.20. The van der Waals surface area contributed by atoms with Gasteiger partial charge in [-0.1, -0.05) is 23.5 Å². The Bertz CT molecular complexity index is 1140. The molecule has 1 unspecified atom stereocenters. The third-order valence-corrected chi connectivity index (χ3v) is 6.31. The van der Waals surface area contributed by atoms with Crippen LogP contribution in [0, 0.1) is 0 Å². The molecule has 1 fully saturated rings. The molecule has 11 heteroatoms. The number of benzene rings is 2. The van der Waals surface area contributed by atoms with Crippen molar-refractivity contribution < 1.29 is 32.2 Å². The van der Waals surface area contributed by atoms with E-state index in [9.17, 15) is 18.0 Å². The quantitative estimate of drug-likeness (QED) is 0.588. The van der Waals surface area contributed by atoms with Gasteiger partial charge in [-0.05, 0) is 24.3 Å². The lowest BCUT2D eigenvalue weighted by molar-refractivity contribution is -0.274. The van der Waals surface area contributed by atoms with Crippen molar-refractivity contribution in [2.75, 3.05) is 37.7 Å². The van der Waals surface area contributed by atoms with Gasteiger partial charge in [-0.3, -0.25) is 4.79 Å². The molecular formula is C21H18F3N3O4S. The number of para-hydroxylation sites is 2. The number of fused-ring (bicyclic) bond motifs is 2. The van der Waals surface area contributed by atoms with Crippen molar-refractivity contribution in [2.45, 2.75) is 12.5 Å². The van der Waals surface area contributed by atoms with Gasteiger partial charge in [-0.2, -0.15) is 0 Å². The topological polar surface area (TPSA) is 64.1 Å². The van der Waals surface area contributed by atoms with Crippen LogP contribution in [0.2, 0.25) is 0 Å². The minimum atomic E-state index is -4.74. The number of rotatable bonds is 3. The monoisotopic (exact) mass is 465 g/mol. The number of anilines is 1. The Morgan fingerprint density at radius 3 is 2.59 bits per heavy atom. The third-order valence-electron chi connectivity index (χ3n) is 5.23. The molecule has 1 aromatic heterocycles. The van der Waals surface area contributed by atoms with Gasteiger partial charge in [0, 0.05) is 32.2 Å². The highest BCUT2D eigenvalue weighted by Gasteiger charge is 2.33. The standard InChI is InChI=1S/C21H18F3N3O4S/c22-21(23,24)31-13-5-6-14-18(11-13)32-20(25-14)27-9-7-26(8-10-27)19(28)17-12-29-15-3-1-2-4-16(15)30-17/h1-6,11,17H,7-10,12H2. The van der Waals surface area contributed by atoms with E-state index >= 15 is 0 Å². The third kappa shape index (κ3) is 4.24. The number of halogens is 3. The van der Waals surface area contributed by atoms with Crippen LogP contribution in [0.25, 0.3) is 10.2 Å². The summed E-state index contributed by atoms with van der Waals surface area (Å²) in [7, 11) is 0. The second kappa shape index (κ2) is 8.05. The van der Waals surface area contributed by atoms with Gasteiger partial charge in [-0.15, -0.1) is 13.2 Å². The van der Waals surface area contributed by atoms with Crippen molar-refractivity contribution >= 4 is 32.6 Å². The summed E-state index contributed by atoms with van der Waals surface area (Å²) in [4.78, 5) is 21.2. The van der Waals surface area contributed by atoms with Crippen LogP contribution in [0.5, 0.6) is 17.2 Å². The predicted molar refractivity (Wildman–Crippen MR) is 111 cm³/mol. The van der Waals surface area contributed by atoms with Crippen LogP contribution in [-0.4, -0.2) is 61.0 Å². The molecule has 168 valence electrons. The van der Waals surface area contributed by atoms with Gasteiger partial charge in [-0.25, -0.2) is 4.98 Å². The van der Waals surface area contributed by atoms with Crippen LogP contribution in [0.15, 0.2) is 42.5 Å². The molecule has 0 N–H and O–H groups in total. The van der Waals surface area contributed by atoms with E-state index in [2.05, 4.69) is 9.72 Å². The molecule has 2 aliphatic heterocycles. The van der Waals surface area contributed by atoms with Crippen LogP contribution in [0.1, 0.15) is 0 Å². The fourth-order valence-electron chi connectivity index (χ4n) is 3.69. The molecular weight excluding hydrogens is 447 g/mol. The van der Waals surface area contributed by atoms with Gasteiger partial charge in [0.15, 0.2) is 16.6 Å². The lowest BCUT2D eigenvalue weighted by Crippen LogP contribution is -2.54. The lowest BCUT2D eigenvalue weighted by atomic mass is 10.2. The number of aromatic nitrogens is 1. The molecule has 2 aliphatic rings. The largest absolute Gasteiger partial charge is 0.573 e. The number of hydrogen-bond acceptors (Lipinski definition) is 7. The first-order valence-corrected chi connectivity index (χ1v) is 10.8. The lowest BCUT2D eigenvalue weighted by Gasteiger charge is -2.37. The Balaban J connectivity index is 1.22. The predicted octanol–water partition coefficient (Wildman–Crippen LogP) is 3.68. The molecule has 0 saturated carbocycles. The zero-order valence-corrected chi connectivity index (χ0v) is 17.5.